The van der Waals surface area contributed by atoms with E-state index in [-0.39, 0.29) is 6.61 Å². The third kappa shape index (κ3) is 5.53. The van der Waals surface area contributed by atoms with Crippen LogP contribution in [0, 0.1) is 11.8 Å². The highest BCUT2D eigenvalue weighted by Crippen LogP contribution is 2.18. The van der Waals surface area contributed by atoms with Gasteiger partial charge in [0.1, 0.15) is 0 Å². The SMILES string of the molecule is CN(Cc1ccc(Cl)cc1)Cc1ccc(C#CCCO)s1. The van der Waals surface area contributed by atoms with Crippen molar-refractivity contribution < 1.29 is 5.11 Å². The molecule has 1 aromatic heterocycles. The number of nitrogens with zero attached hydrogens (tertiary/aromatic N) is 1. The lowest BCUT2D eigenvalue weighted by Crippen LogP contribution is -2.16. The van der Waals surface area contributed by atoms with Crippen LogP contribution in [-0.4, -0.2) is 23.7 Å². The van der Waals surface area contributed by atoms with Gasteiger partial charge in [0.15, 0.2) is 0 Å². The van der Waals surface area contributed by atoms with Crippen LogP contribution in [0.4, 0.5) is 0 Å². The van der Waals surface area contributed by atoms with E-state index in [1.165, 1.54) is 10.4 Å². The van der Waals surface area contributed by atoms with E-state index in [1.54, 1.807) is 11.3 Å². The Morgan fingerprint density at radius 2 is 1.90 bits per heavy atom. The smallest absolute Gasteiger partial charge is 0.0771 e. The van der Waals surface area contributed by atoms with Crippen molar-refractivity contribution in [1.29, 1.82) is 0 Å². The highest BCUT2D eigenvalue weighted by Gasteiger charge is 2.04. The molecule has 1 N–H and O–H groups in total. The van der Waals surface area contributed by atoms with Gasteiger partial charge in [-0.3, -0.25) is 4.90 Å². The maximum absolute atomic E-state index is 8.71. The Kier molecular flexibility index (Phi) is 6.28. The lowest BCUT2D eigenvalue weighted by atomic mass is 10.2. The van der Waals surface area contributed by atoms with Crippen LogP contribution >= 0.6 is 22.9 Å². The zero-order valence-corrected chi connectivity index (χ0v) is 13.5. The van der Waals surface area contributed by atoms with Crippen molar-refractivity contribution in [1.82, 2.24) is 4.90 Å². The first-order chi connectivity index (χ1) is 10.2. The number of rotatable bonds is 5. The Bertz CT molecular complexity index is 624. The molecule has 21 heavy (non-hydrogen) atoms. The topological polar surface area (TPSA) is 23.5 Å². The maximum atomic E-state index is 8.71. The number of benzene rings is 1. The van der Waals surface area contributed by atoms with Gasteiger partial charge in [-0.2, -0.15) is 0 Å². The fourth-order valence-corrected chi connectivity index (χ4v) is 3.05. The molecular weight excluding hydrogens is 302 g/mol. The summed E-state index contributed by atoms with van der Waals surface area (Å²) >= 11 is 7.60. The second-order valence-electron chi connectivity index (χ2n) is 4.84. The Labute approximate surface area is 135 Å². The first-order valence-corrected chi connectivity index (χ1v) is 7.98. The molecule has 0 aliphatic carbocycles. The molecule has 4 heteroatoms. The summed E-state index contributed by atoms with van der Waals surface area (Å²) in [6.07, 6.45) is 0.531. The fraction of sp³-hybridized carbons (Fsp3) is 0.294. The number of aliphatic hydroxyl groups excluding tert-OH is 1. The van der Waals surface area contributed by atoms with E-state index in [2.05, 4.69) is 42.0 Å². The summed E-state index contributed by atoms with van der Waals surface area (Å²) in [5.41, 5.74) is 1.25. The molecule has 0 radical (unpaired) electrons. The molecule has 0 unspecified atom stereocenters. The molecule has 0 aliphatic heterocycles. The minimum Gasteiger partial charge on any atom is -0.395 e. The van der Waals surface area contributed by atoms with Gasteiger partial charge in [-0.1, -0.05) is 35.6 Å². The second-order valence-corrected chi connectivity index (χ2v) is 6.44. The molecule has 2 rings (SSSR count). The van der Waals surface area contributed by atoms with Crippen molar-refractivity contribution in [2.75, 3.05) is 13.7 Å². The molecule has 0 bridgehead atoms. The minimum atomic E-state index is 0.120. The standard InChI is InChI=1S/C17H18ClNOS/c1-19(12-14-5-7-15(18)8-6-14)13-17-10-9-16(21-17)4-2-3-11-20/h5-10,20H,3,11-13H2,1H3. The minimum absolute atomic E-state index is 0.120. The zero-order chi connectivity index (χ0) is 15.1. The second kappa shape index (κ2) is 8.21. The van der Waals surface area contributed by atoms with Crippen molar-refractivity contribution in [2.24, 2.45) is 0 Å². The highest BCUT2D eigenvalue weighted by atomic mass is 35.5. The third-order valence-electron chi connectivity index (χ3n) is 2.90. The van der Waals surface area contributed by atoms with Crippen LogP contribution in [-0.2, 0) is 13.1 Å². The monoisotopic (exact) mass is 319 g/mol. The number of aliphatic hydroxyl groups is 1. The van der Waals surface area contributed by atoms with Crippen LogP contribution in [0.25, 0.3) is 0 Å². The maximum Gasteiger partial charge on any atom is 0.0771 e. The lowest BCUT2D eigenvalue weighted by Gasteiger charge is -2.15. The number of halogens is 1. The van der Waals surface area contributed by atoms with E-state index in [0.29, 0.717) is 6.42 Å². The molecule has 1 aromatic carbocycles. The molecule has 110 valence electrons. The summed E-state index contributed by atoms with van der Waals surface area (Å²) in [4.78, 5) is 4.61. The van der Waals surface area contributed by atoms with Crippen LogP contribution in [0.1, 0.15) is 21.7 Å². The van der Waals surface area contributed by atoms with Gasteiger partial charge in [-0.15, -0.1) is 11.3 Å². The molecule has 1 heterocycles. The predicted molar refractivity (Wildman–Crippen MR) is 89.5 cm³/mol. The van der Waals surface area contributed by atoms with Gasteiger partial charge in [0.25, 0.3) is 0 Å². The van der Waals surface area contributed by atoms with Gasteiger partial charge >= 0.3 is 0 Å². The van der Waals surface area contributed by atoms with Crippen molar-refractivity contribution in [3.63, 3.8) is 0 Å². The van der Waals surface area contributed by atoms with Crippen molar-refractivity contribution >= 4 is 22.9 Å². The Morgan fingerprint density at radius 3 is 2.62 bits per heavy atom. The molecule has 2 aromatic rings. The predicted octanol–water partition coefficient (Wildman–Crippen LogP) is 3.77. The molecule has 2 nitrogen and oxygen atoms in total. The van der Waals surface area contributed by atoms with E-state index in [9.17, 15) is 0 Å². The Morgan fingerprint density at radius 1 is 1.14 bits per heavy atom. The summed E-state index contributed by atoms with van der Waals surface area (Å²) in [6.45, 7) is 1.91. The van der Waals surface area contributed by atoms with E-state index >= 15 is 0 Å². The normalized spacial score (nSPS) is 10.5. The molecule has 0 fully saturated rings. The van der Waals surface area contributed by atoms with Gasteiger partial charge in [-0.05, 0) is 36.9 Å². The van der Waals surface area contributed by atoms with Crippen molar-refractivity contribution in [2.45, 2.75) is 19.5 Å². The average molecular weight is 320 g/mol. The van der Waals surface area contributed by atoms with Gasteiger partial charge in [0.05, 0.1) is 11.5 Å². The number of hydrogen-bond donors (Lipinski definition) is 1. The summed E-state index contributed by atoms with van der Waals surface area (Å²) in [6, 6.07) is 12.1. The van der Waals surface area contributed by atoms with E-state index in [4.69, 9.17) is 16.7 Å². The third-order valence-corrected chi connectivity index (χ3v) is 4.14. The molecule has 0 saturated heterocycles. The van der Waals surface area contributed by atoms with E-state index in [1.807, 2.05) is 18.2 Å². The quantitative estimate of drug-likeness (QED) is 0.848. The molecular formula is C17H18ClNOS. The van der Waals surface area contributed by atoms with Crippen LogP contribution in [0.5, 0.6) is 0 Å². The Hall–Kier alpha value is -1.31. The molecule has 0 saturated carbocycles. The van der Waals surface area contributed by atoms with Crippen molar-refractivity contribution in [3.05, 3.63) is 56.7 Å². The first-order valence-electron chi connectivity index (χ1n) is 6.79. The van der Waals surface area contributed by atoms with Crippen LogP contribution in [0.2, 0.25) is 5.02 Å². The number of hydrogen-bond acceptors (Lipinski definition) is 3. The Balaban J connectivity index is 1.89. The summed E-state index contributed by atoms with van der Waals surface area (Å²) in [5.74, 6) is 6.02. The first kappa shape index (κ1) is 16.1. The number of thiophene rings is 1. The van der Waals surface area contributed by atoms with Crippen LogP contribution in [0.15, 0.2) is 36.4 Å². The van der Waals surface area contributed by atoms with Gasteiger partial charge < -0.3 is 5.11 Å². The van der Waals surface area contributed by atoms with Crippen LogP contribution < -0.4 is 0 Å². The fourth-order valence-electron chi connectivity index (χ4n) is 1.96. The zero-order valence-electron chi connectivity index (χ0n) is 12.0. The van der Waals surface area contributed by atoms with Gasteiger partial charge in [0, 0.05) is 29.4 Å². The van der Waals surface area contributed by atoms with Crippen LogP contribution in [0.3, 0.4) is 0 Å². The molecule has 0 aliphatic rings. The molecule has 0 spiro atoms. The summed E-state index contributed by atoms with van der Waals surface area (Å²) in [7, 11) is 2.10. The van der Waals surface area contributed by atoms with E-state index < -0.39 is 0 Å². The van der Waals surface area contributed by atoms with E-state index in [0.717, 1.165) is 23.0 Å². The highest BCUT2D eigenvalue weighted by molar-refractivity contribution is 7.12. The van der Waals surface area contributed by atoms with Gasteiger partial charge in [-0.25, -0.2) is 0 Å². The average Bonchev–Trinajstić information content (AvgIpc) is 2.89. The largest absolute Gasteiger partial charge is 0.395 e. The molecule has 0 amide bonds. The summed E-state index contributed by atoms with van der Waals surface area (Å²) in [5, 5.41) is 9.48. The lowest BCUT2D eigenvalue weighted by molar-refractivity contribution is 0.305. The summed E-state index contributed by atoms with van der Waals surface area (Å²) < 4.78 is 0. The molecule has 0 atom stereocenters. The van der Waals surface area contributed by atoms with Gasteiger partial charge in [0.2, 0.25) is 0 Å². The van der Waals surface area contributed by atoms with Crippen molar-refractivity contribution in [3.8, 4) is 11.8 Å².